The molecule has 0 saturated carbocycles. The Morgan fingerprint density at radius 1 is 1.24 bits per heavy atom. The van der Waals surface area contributed by atoms with Crippen LogP contribution in [-0.2, 0) is 21.3 Å². The van der Waals surface area contributed by atoms with Crippen molar-refractivity contribution in [2.45, 2.75) is 31.7 Å². The lowest BCUT2D eigenvalue weighted by molar-refractivity contribution is 0.153. The lowest BCUT2D eigenvalue weighted by Gasteiger charge is -2.24. The van der Waals surface area contributed by atoms with Crippen molar-refractivity contribution in [1.29, 1.82) is 0 Å². The van der Waals surface area contributed by atoms with Gasteiger partial charge in [0.15, 0.2) is 0 Å². The Hall–Kier alpha value is -0.950. The zero-order chi connectivity index (χ0) is 15.9. The fourth-order valence-electron chi connectivity index (χ4n) is 1.94. The van der Waals surface area contributed by atoms with Gasteiger partial charge < -0.3 is 10.1 Å². The van der Waals surface area contributed by atoms with E-state index in [1.807, 2.05) is 26.0 Å². The Morgan fingerprint density at radius 3 is 2.52 bits per heavy atom. The second kappa shape index (κ2) is 7.89. The molecule has 1 aromatic carbocycles. The first-order valence-electron chi connectivity index (χ1n) is 7.03. The number of benzene rings is 1. The molecule has 1 aromatic rings. The third-order valence-electron chi connectivity index (χ3n) is 3.35. The van der Waals surface area contributed by atoms with Gasteiger partial charge in [0.2, 0.25) is 10.0 Å². The van der Waals surface area contributed by atoms with Gasteiger partial charge in [0.25, 0.3) is 0 Å². The standard InChI is InChI=1S/C15H26N2O3S/c1-15(2,9-10-20-4)12-17-21(18,19)14-8-6-5-7-13(14)11-16-3/h5-8,16-17H,9-12H2,1-4H3. The highest BCUT2D eigenvalue weighted by Crippen LogP contribution is 2.21. The Bertz CT molecular complexity index is 542. The molecule has 0 radical (unpaired) electrons. The van der Waals surface area contributed by atoms with Crippen LogP contribution in [0.25, 0.3) is 0 Å². The van der Waals surface area contributed by atoms with E-state index in [1.54, 1.807) is 26.3 Å². The molecule has 0 spiro atoms. The van der Waals surface area contributed by atoms with E-state index in [1.165, 1.54) is 0 Å². The van der Waals surface area contributed by atoms with E-state index >= 15 is 0 Å². The number of sulfonamides is 1. The van der Waals surface area contributed by atoms with Crippen LogP contribution in [0.2, 0.25) is 0 Å². The van der Waals surface area contributed by atoms with Gasteiger partial charge in [-0.15, -0.1) is 0 Å². The summed E-state index contributed by atoms with van der Waals surface area (Å²) in [4.78, 5) is 0.335. The summed E-state index contributed by atoms with van der Waals surface area (Å²) < 4.78 is 32.7. The average molecular weight is 314 g/mol. The van der Waals surface area contributed by atoms with Crippen LogP contribution < -0.4 is 10.0 Å². The molecular formula is C15H26N2O3S. The first kappa shape index (κ1) is 18.1. The molecule has 0 aliphatic carbocycles. The molecule has 1 rings (SSSR count). The number of nitrogens with one attached hydrogen (secondary N) is 2. The summed E-state index contributed by atoms with van der Waals surface area (Å²) in [7, 11) is -0.0588. The van der Waals surface area contributed by atoms with Gasteiger partial charge in [0, 0.05) is 26.8 Å². The summed E-state index contributed by atoms with van der Waals surface area (Å²) in [6, 6.07) is 7.04. The predicted molar refractivity (Wildman–Crippen MR) is 84.7 cm³/mol. The quantitative estimate of drug-likeness (QED) is 0.729. The minimum atomic E-state index is -3.50. The van der Waals surface area contributed by atoms with Gasteiger partial charge in [0.1, 0.15) is 0 Å². The molecule has 5 nitrogen and oxygen atoms in total. The topological polar surface area (TPSA) is 67.4 Å². The highest BCUT2D eigenvalue weighted by Gasteiger charge is 2.23. The van der Waals surface area contributed by atoms with E-state index in [-0.39, 0.29) is 5.41 Å². The molecule has 0 saturated heterocycles. The fourth-order valence-corrected chi connectivity index (χ4v) is 3.42. The minimum Gasteiger partial charge on any atom is -0.385 e. The summed E-state index contributed by atoms with van der Waals surface area (Å²) >= 11 is 0. The molecule has 0 fully saturated rings. The number of methoxy groups -OCH3 is 1. The fraction of sp³-hybridized carbons (Fsp3) is 0.600. The maximum absolute atomic E-state index is 12.5. The van der Waals surface area contributed by atoms with Gasteiger partial charge in [-0.1, -0.05) is 32.0 Å². The number of hydrogen-bond donors (Lipinski definition) is 2. The van der Waals surface area contributed by atoms with Crippen molar-refractivity contribution in [3.05, 3.63) is 29.8 Å². The predicted octanol–water partition coefficient (Wildman–Crippen LogP) is 1.75. The smallest absolute Gasteiger partial charge is 0.240 e. The maximum Gasteiger partial charge on any atom is 0.240 e. The highest BCUT2D eigenvalue weighted by atomic mass is 32.2. The zero-order valence-electron chi connectivity index (χ0n) is 13.3. The summed E-state index contributed by atoms with van der Waals surface area (Å²) in [6.07, 6.45) is 0.796. The summed E-state index contributed by atoms with van der Waals surface area (Å²) in [5.74, 6) is 0. The first-order chi connectivity index (χ1) is 9.82. The third-order valence-corrected chi connectivity index (χ3v) is 4.85. The summed E-state index contributed by atoms with van der Waals surface area (Å²) in [5, 5.41) is 2.99. The Labute approximate surface area is 128 Å². The van der Waals surface area contributed by atoms with Crippen molar-refractivity contribution >= 4 is 10.0 Å². The lowest BCUT2D eigenvalue weighted by Crippen LogP contribution is -2.35. The average Bonchev–Trinajstić information content (AvgIpc) is 2.44. The molecular weight excluding hydrogens is 288 g/mol. The van der Waals surface area contributed by atoms with Crippen LogP contribution in [0.3, 0.4) is 0 Å². The molecule has 0 bridgehead atoms. The van der Waals surface area contributed by atoms with Crippen LogP contribution in [0.15, 0.2) is 29.2 Å². The summed E-state index contributed by atoms with van der Waals surface area (Å²) in [6.45, 7) is 5.56. The molecule has 0 amide bonds. The normalized spacial score (nSPS) is 12.6. The SMILES string of the molecule is CNCc1ccccc1S(=O)(=O)NCC(C)(C)CCOC. The Balaban J connectivity index is 2.83. The third kappa shape index (κ3) is 5.74. The van der Waals surface area contributed by atoms with Crippen LogP contribution in [0, 0.1) is 5.41 Å². The van der Waals surface area contributed by atoms with Gasteiger partial charge in [-0.05, 0) is 30.5 Å². The van der Waals surface area contributed by atoms with Crippen molar-refractivity contribution in [1.82, 2.24) is 10.0 Å². The second-order valence-electron chi connectivity index (χ2n) is 5.87. The first-order valence-corrected chi connectivity index (χ1v) is 8.52. The summed E-state index contributed by atoms with van der Waals surface area (Å²) in [5.41, 5.74) is 0.614. The molecule has 0 aliphatic rings. The molecule has 21 heavy (non-hydrogen) atoms. The van der Waals surface area contributed by atoms with Crippen LogP contribution in [0.1, 0.15) is 25.8 Å². The lowest BCUT2D eigenvalue weighted by atomic mass is 9.90. The molecule has 0 atom stereocenters. The Kier molecular flexibility index (Phi) is 6.80. The number of ether oxygens (including phenoxy) is 1. The largest absolute Gasteiger partial charge is 0.385 e. The van der Waals surface area contributed by atoms with Gasteiger partial charge in [-0.25, -0.2) is 13.1 Å². The van der Waals surface area contributed by atoms with Gasteiger partial charge in [-0.3, -0.25) is 0 Å². The molecule has 0 aromatic heterocycles. The van der Waals surface area contributed by atoms with Gasteiger partial charge in [-0.2, -0.15) is 0 Å². The number of rotatable bonds is 9. The van der Waals surface area contributed by atoms with Crippen LogP contribution >= 0.6 is 0 Å². The van der Waals surface area contributed by atoms with E-state index in [2.05, 4.69) is 10.0 Å². The van der Waals surface area contributed by atoms with Gasteiger partial charge >= 0.3 is 0 Å². The van der Waals surface area contributed by atoms with E-state index < -0.39 is 10.0 Å². The molecule has 0 heterocycles. The van der Waals surface area contributed by atoms with Crippen molar-refractivity contribution in [3.8, 4) is 0 Å². The monoisotopic (exact) mass is 314 g/mol. The molecule has 120 valence electrons. The van der Waals surface area contributed by atoms with E-state index in [0.717, 1.165) is 12.0 Å². The van der Waals surface area contributed by atoms with Crippen LogP contribution in [-0.4, -0.2) is 35.7 Å². The second-order valence-corrected chi connectivity index (χ2v) is 7.60. The van der Waals surface area contributed by atoms with Gasteiger partial charge in [0.05, 0.1) is 4.90 Å². The molecule has 2 N–H and O–H groups in total. The van der Waals surface area contributed by atoms with Crippen LogP contribution in [0.5, 0.6) is 0 Å². The van der Waals surface area contributed by atoms with Crippen molar-refractivity contribution < 1.29 is 13.2 Å². The maximum atomic E-state index is 12.5. The van der Waals surface area contributed by atoms with Crippen molar-refractivity contribution in [2.24, 2.45) is 5.41 Å². The van der Waals surface area contributed by atoms with Crippen LogP contribution in [0.4, 0.5) is 0 Å². The van der Waals surface area contributed by atoms with Crippen molar-refractivity contribution in [2.75, 3.05) is 27.3 Å². The minimum absolute atomic E-state index is 0.152. The molecule has 6 heteroatoms. The van der Waals surface area contributed by atoms with E-state index in [4.69, 9.17) is 4.74 Å². The highest BCUT2D eigenvalue weighted by molar-refractivity contribution is 7.89. The molecule has 0 aliphatic heterocycles. The molecule has 0 unspecified atom stereocenters. The Morgan fingerprint density at radius 2 is 1.90 bits per heavy atom. The number of hydrogen-bond acceptors (Lipinski definition) is 4. The van der Waals surface area contributed by atoms with E-state index in [9.17, 15) is 8.42 Å². The zero-order valence-corrected chi connectivity index (χ0v) is 14.1. The van der Waals surface area contributed by atoms with Crippen molar-refractivity contribution in [3.63, 3.8) is 0 Å². The van der Waals surface area contributed by atoms with E-state index in [0.29, 0.717) is 24.6 Å².